The number of benzene rings is 2. The molecule has 3 aromatic rings. The third-order valence-electron chi connectivity index (χ3n) is 7.00. The van der Waals surface area contributed by atoms with E-state index in [9.17, 15) is 15.0 Å². The Morgan fingerprint density at radius 2 is 2.05 bits per heavy atom. The first-order valence-electron chi connectivity index (χ1n) is 12.3. The van der Waals surface area contributed by atoms with Gasteiger partial charge in [-0.25, -0.2) is 0 Å². The van der Waals surface area contributed by atoms with Crippen LogP contribution in [0.15, 0.2) is 48.7 Å². The van der Waals surface area contributed by atoms with Gasteiger partial charge in [0, 0.05) is 23.2 Å². The first kappa shape index (κ1) is 26.7. The summed E-state index contributed by atoms with van der Waals surface area (Å²) in [6.07, 6.45) is 2.79. The molecule has 0 bridgehead atoms. The van der Waals surface area contributed by atoms with E-state index in [-0.39, 0.29) is 5.92 Å². The number of rotatable bonds is 8. The first-order chi connectivity index (χ1) is 17.9. The Kier molecular flexibility index (Phi) is 8.88. The minimum atomic E-state index is -0.812. The lowest BCUT2D eigenvalue weighted by molar-refractivity contribution is -0.146. The van der Waals surface area contributed by atoms with Crippen LogP contribution in [0.1, 0.15) is 36.5 Å². The van der Waals surface area contributed by atoms with Crippen molar-refractivity contribution < 1.29 is 24.5 Å². The van der Waals surface area contributed by atoms with E-state index in [0.29, 0.717) is 48.0 Å². The summed E-state index contributed by atoms with van der Waals surface area (Å²) in [5, 5.41) is 22.4. The number of pyridine rings is 1. The molecule has 1 fully saturated rings. The molecule has 2 heterocycles. The van der Waals surface area contributed by atoms with Crippen molar-refractivity contribution in [3.63, 3.8) is 0 Å². The Morgan fingerprint density at radius 3 is 2.81 bits per heavy atom. The highest BCUT2D eigenvalue weighted by Gasteiger charge is 2.34. The molecule has 1 aliphatic heterocycles. The molecule has 1 aromatic heterocycles. The van der Waals surface area contributed by atoms with Crippen LogP contribution in [-0.2, 0) is 4.79 Å². The van der Waals surface area contributed by atoms with Crippen LogP contribution in [0.25, 0.3) is 10.9 Å². The molecular weight excluding hydrogens is 492 g/mol. The zero-order valence-corrected chi connectivity index (χ0v) is 21.7. The number of fused-ring (bicyclic) bond motifs is 1. The third kappa shape index (κ3) is 6.53. The number of aliphatic hydroxyl groups excluding tert-OH is 1. The molecule has 0 spiro atoms. The van der Waals surface area contributed by atoms with Crippen LogP contribution in [0, 0.1) is 23.7 Å². The highest BCUT2D eigenvalue weighted by Crippen LogP contribution is 2.33. The Bertz CT molecular complexity index is 1320. The number of aliphatic carboxylic acids is 1. The second-order valence-corrected chi connectivity index (χ2v) is 9.69. The predicted octanol–water partition coefficient (Wildman–Crippen LogP) is 4.79. The number of likely N-dealkylation sites (tertiary alicyclic amines) is 1. The zero-order valence-electron chi connectivity index (χ0n) is 21.0. The average Bonchev–Trinajstić information content (AvgIpc) is 2.91. The highest BCUT2D eigenvalue weighted by atomic mass is 35.5. The van der Waals surface area contributed by atoms with Gasteiger partial charge in [0.15, 0.2) is 0 Å². The van der Waals surface area contributed by atoms with Crippen molar-refractivity contribution in [2.45, 2.75) is 25.4 Å². The van der Waals surface area contributed by atoms with Gasteiger partial charge in [-0.1, -0.05) is 23.4 Å². The fraction of sp³-hybridized carbons (Fsp3) is 0.379. The number of nitrogens with zero attached hydrogens (tertiary/aromatic N) is 2. The summed E-state index contributed by atoms with van der Waals surface area (Å²) in [6.45, 7) is 1.63. The molecule has 3 atom stereocenters. The SMILES string of the molecule is COc1ccc2nccc([C@@H](O)CC[C@@H]3CCN(CC#Cc4cc(Cl)ccc4OC)C[C@@H]3C(=O)O)c2c1. The quantitative estimate of drug-likeness (QED) is 0.411. The number of aromatic nitrogens is 1. The molecule has 1 aliphatic rings. The first-order valence-corrected chi connectivity index (χ1v) is 12.7. The lowest BCUT2D eigenvalue weighted by atomic mass is 9.81. The van der Waals surface area contributed by atoms with Gasteiger partial charge < -0.3 is 19.7 Å². The van der Waals surface area contributed by atoms with Gasteiger partial charge in [0.2, 0.25) is 0 Å². The van der Waals surface area contributed by atoms with Crippen LogP contribution >= 0.6 is 11.6 Å². The van der Waals surface area contributed by atoms with Gasteiger partial charge in [-0.3, -0.25) is 14.7 Å². The number of aliphatic hydroxyl groups is 1. The second kappa shape index (κ2) is 12.3. The lowest BCUT2D eigenvalue weighted by Crippen LogP contribution is -2.44. The van der Waals surface area contributed by atoms with E-state index in [1.807, 2.05) is 24.3 Å². The molecule has 1 saturated heterocycles. The fourth-order valence-electron chi connectivity index (χ4n) is 4.95. The molecule has 0 aliphatic carbocycles. The minimum Gasteiger partial charge on any atom is -0.497 e. The summed E-state index contributed by atoms with van der Waals surface area (Å²) in [4.78, 5) is 18.6. The Balaban J connectivity index is 1.39. The highest BCUT2D eigenvalue weighted by molar-refractivity contribution is 6.30. The normalized spacial score (nSPS) is 18.6. The van der Waals surface area contributed by atoms with E-state index >= 15 is 0 Å². The Hall–Kier alpha value is -3.31. The molecule has 4 rings (SSSR count). The maximum Gasteiger partial charge on any atom is 0.308 e. The van der Waals surface area contributed by atoms with Gasteiger partial charge in [0.25, 0.3) is 0 Å². The predicted molar refractivity (Wildman–Crippen MR) is 143 cm³/mol. The third-order valence-corrected chi connectivity index (χ3v) is 7.23. The summed E-state index contributed by atoms with van der Waals surface area (Å²) < 4.78 is 10.7. The Labute approximate surface area is 222 Å². The summed E-state index contributed by atoms with van der Waals surface area (Å²) in [7, 11) is 3.19. The second-order valence-electron chi connectivity index (χ2n) is 9.25. The lowest BCUT2D eigenvalue weighted by Gasteiger charge is -2.36. The number of hydrogen-bond donors (Lipinski definition) is 2. The van der Waals surface area contributed by atoms with Gasteiger partial charge >= 0.3 is 5.97 Å². The van der Waals surface area contributed by atoms with Crippen LogP contribution in [-0.4, -0.2) is 59.9 Å². The smallest absolute Gasteiger partial charge is 0.308 e. The largest absolute Gasteiger partial charge is 0.497 e. The molecular formula is C29H31ClN2O5. The maximum absolute atomic E-state index is 12.1. The van der Waals surface area contributed by atoms with Crippen molar-refractivity contribution >= 4 is 28.5 Å². The van der Waals surface area contributed by atoms with Crippen molar-refractivity contribution in [3.8, 4) is 23.3 Å². The van der Waals surface area contributed by atoms with Crippen molar-refractivity contribution in [1.82, 2.24) is 9.88 Å². The number of hydrogen-bond acceptors (Lipinski definition) is 6. The van der Waals surface area contributed by atoms with Crippen molar-refractivity contribution in [1.29, 1.82) is 0 Å². The van der Waals surface area contributed by atoms with Crippen LogP contribution in [0.2, 0.25) is 5.02 Å². The molecule has 0 radical (unpaired) electrons. The monoisotopic (exact) mass is 522 g/mol. The van der Waals surface area contributed by atoms with Crippen LogP contribution < -0.4 is 9.47 Å². The topological polar surface area (TPSA) is 92.1 Å². The molecule has 0 saturated carbocycles. The van der Waals surface area contributed by atoms with Gasteiger partial charge in [-0.15, -0.1) is 0 Å². The van der Waals surface area contributed by atoms with E-state index in [2.05, 4.69) is 21.7 Å². The maximum atomic E-state index is 12.1. The van der Waals surface area contributed by atoms with Crippen molar-refractivity contribution in [2.75, 3.05) is 33.9 Å². The molecule has 37 heavy (non-hydrogen) atoms. The molecule has 2 aromatic carbocycles. The van der Waals surface area contributed by atoms with E-state index < -0.39 is 18.0 Å². The van der Waals surface area contributed by atoms with E-state index in [4.69, 9.17) is 21.1 Å². The van der Waals surface area contributed by atoms with Gasteiger partial charge in [0.05, 0.1) is 43.9 Å². The zero-order chi connectivity index (χ0) is 26.4. The Morgan fingerprint density at radius 1 is 1.22 bits per heavy atom. The molecule has 194 valence electrons. The van der Waals surface area contributed by atoms with Crippen molar-refractivity contribution in [3.05, 3.63) is 64.8 Å². The number of carbonyl (C=O) groups is 1. The number of carboxylic acids is 1. The van der Waals surface area contributed by atoms with E-state index in [1.165, 1.54) is 0 Å². The van der Waals surface area contributed by atoms with Crippen LogP contribution in [0.3, 0.4) is 0 Å². The van der Waals surface area contributed by atoms with Crippen molar-refractivity contribution in [2.24, 2.45) is 11.8 Å². The van der Waals surface area contributed by atoms with Gasteiger partial charge in [-0.05, 0) is 79.8 Å². The number of ether oxygens (including phenoxy) is 2. The molecule has 7 nitrogen and oxygen atoms in total. The fourth-order valence-corrected chi connectivity index (χ4v) is 5.13. The van der Waals surface area contributed by atoms with E-state index in [0.717, 1.165) is 29.4 Å². The van der Waals surface area contributed by atoms with Gasteiger partial charge in [-0.2, -0.15) is 0 Å². The number of halogens is 1. The molecule has 2 N–H and O–H groups in total. The molecule has 8 heteroatoms. The van der Waals surface area contributed by atoms with Gasteiger partial charge in [0.1, 0.15) is 11.5 Å². The standard InChI is InChI=1S/C29H31ClN2O5/c1-36-22-7-8-26-24(17-22)23(11-13-31-26)27(33)9-5-19-12-15-32(18-25(19)29(34)35)14-3-4-20-16-21(30)6-10-28(20)37-2/h6-8,10-11,13,16-17,19,25,27,33H,5,9,12,14-15,18H2,1-2H3,(H,34,35)/t19-,25+,27+/m1/s1. The molecule has 0 unspecified atom stereocenters. The van der Waals surface area contributed by atoms with Crippen LogP contribution in [0.4, 0.5) is 0 Å². The summed E-state index contributed by atoms with van der Waals surface area (Å²) in [6, 6.07) is 12.7. The summed E-state index contributed by atoms with van der Waals surface area (Å²) in [5.41, 5.74) is 2.26. The molecule has 0 amide bonds. The summed E-state index contributed by atoms with van der Waals surface area (Å²) in [5.74, 6) is 6.23. The number of carboxylic acid groups (broad SMARTS) is 1. The number of piperidine rings is 1. The van der Waals surface area contributed by atoms with E-state index in [1.54, 1.807) is 38.6 Å². The average molecular weight is 523 g/mol. The minimum absolute atomic E-state index is 0.0213. The summed E-state index contributed by atoms with van der Waals surface area (Å²) >= 11 is 6.08. The van der Waals surface area contributed by atoms with Crippen LogP contribution in [0.5, 0.6) is 11.5 Å². The number of methoxy groups -OCH3 is 2.